The Morgan fingerprint density at radius 1 is 0.828 bits per heavy atom. The van der Waals surface area contributed by atoms with Gasteiger partial charge in [0.05, 0.1) is 22.0 Å². The molecule has 0 saturated carbocycles. The Balaban J connectivity index is 2.35. The molecular formula is C20H19FO6S2. The molecule has 3 rings (SSSR count). The van der Waals surface area contributed by atoms with Gasteiger partial charge in [0.25, 0.3) is 0 Å². The van der Waals surface area contributed by atoms with E-state index in [9.17, 15) is 21.9 Å². The minimum absolute atomic E-state index is 0.194. The summed E-state index contributed by atoms with van der Waals surface area (Å²) in [5.74, 6) is -1.99. The van der Waals surface area contributed by atoms with Gasteiger partial charge < -0.3 is 9.52 Å². The lowest BCUT2D eigenvalue weighted by atomic mass is 10.0. The second kappa shape index (κ2) is 8.10. The molecule has 1 heterocycles. The highest BCUT2D eigenvalue weighted by atomic mass is 32.3. The molecular weight excluding hydrogens is 419 g/mol. The highest BCUT2D eigenvalue weighted by Gasteiger charge is 2.63. The average molecular weight is 438 g/mol. The molecule has 1 aromatic heterocycles. The van der Waals surface area contributed by atoms with Crippen molar-refractivity contribution in [3.8, 4) is 0 Å². The van der Waals surface area contributed by atoms with Gasteiger partial charge in [-0.15, -0.1) is 0 Å². The van der Waals surface area contributed by atoms with Gasteiger partial charge in [-0.2, -0.15) is 0 Å². The summed E-state index contributed by atoms with van der Waals surface area (Å²) in [5.41, 5.74) is 0. The molecule has 0 saturated heterocycles. The van der Waals surface area contributed by atoms with Crippen LogP contribution in [0.25, 0.3) is 0 Å². The molecule has 0 amide bonds. The third-order valence-electron chi connectivity index (χ3n) is 4.56. The third-order valence-corrected chi connectivity index (χ3v) is 9.70. The van der Waals surface area contributed by atoms with Crippen molar-refractivity contribution < 1.29 is 30.7 Å². The maximum Gasteiger partial charge on any atom is 0.327 e. The maximum absolute atomic E-state index is 16.8. The first kappa shape index (κ1) is 21.2. The van der Waals surface area contributed by atoms with Crippen LogP contribution in [-0.2, 0) is 19.7 Å². The van der Waals surface area contributed by atoms with Crippen molar-refractivity contribution in [2.24, 2.45) is 0 Å². The number of sulfone groups is 2. The van der Waals surface area contributed by atoms with Gasteiger partial charge in [0.1, 0.15) is 5.76 Å². The number of alkyl halides is 1. The fourth-order valence-electron chi connectivity index (χ4n) is 3.14. The van der Waals surface area contributed by atoms with Gasteiger partial charge in [-0.05, 0) is 42.8 Å². The molecule has 0 fully saturated rings. The molecule has 6 nitrogen and oxygen atoms in total. The van der Waals surface area contributed by atoms with Crippen molar-refractivity contribution in [3.05, 3.63) is 84.8 Å². The molecule has 0 radical (unpaired) electrons. The van der Waals surface area contributed by atoms with Crippen LogP contribution in [0.4, 0.5) is 4.39 Å². The van der Waals surface area contributed by atoms with Crippen molar-refractivity contribution in [1.29, 1.82) is 0 Å². The van der Waals surface area contributed by atoms with Crippen molar-refractivity contribution in [2.75, 3.05) is 6.61 Å². The lowest BCUT2D eigenvalue weighted by molar-refractivity contribution is 0.217. The summed E-state index contributed by atoms with van der Waals surface area (Å²) >= 11 is 0. The molecule has 9 heteroatoms. The first-order valence-corrected chi connectivity index (χ1v) is 11.7. The Kier molecular flexibility index (Phi) is 5.92. The van der Waals surface area contributed by atoms with Crippen molar-refractivity contribution in [3.63, 3.8) is 0 Å². The Bertz CT molecular complexity index is 1070. The van der Waals surface area contributed by atoms with Crippen LogP contribution in [0.15, 0.2) is 93.3 Å². The highest BCUT2D eigenvalue weighted by molar-refractivity contribution is 8.10. The number of benzene rings is 2. The molecule has 0 aliphatic heterocycles. The van der Waals surface area contributed by atoms with Crippen LogP contribution < -0.4 is 0 Å². The second-order valence-corrected chi connectivity index (χ2v) is 10.7. The topological polar surface area (TPSA) is 102 Å². The summed E-state index contributed by atoms with van der Waals surface area (Å²) in [4.78, 5) is -0.979. The van der Waals surface area contributed by atoms with Crippen molar-refractivity contribution in [1.82, 2.24) is 0 Å². The summed E-state index contributed by atoms with van der Waals surface area (Å²) in [6.07, 6.45) is 0.701. The lowest BCUT2D eigenvalue weighted by Crippen LogP contribution is -2.47. The molecule has 3 aromatic rings. The zero-order valence-corrected chi connectivity index (χ0v) is 16.8. The Labute approximate surface area is 168 Å². The summed E-state index contributed by atoms with van der Waals surface area (Å²) in [6.45, 7) is -0.647. The predicted molar refractivity (Wildman–Crippen MR) is 104 cm³/mol. The standard InChI is InChI=1S/C20H19FO6S2/c21-20(18(13-14-22)19-12-7-15-27-19,28(23,24)16-8-3-1-4-9-16)29(25,26)17-10-5-2-6-11-17/h1-12,15,18,22H,13-14H2/t18-/m0/s1. The van der Waals surface area contributed by atoms with E-state index in [1.807, 2.05) is 0 Å². The molecule has 0 spiro atoms. The van der Waals surface area contributed by atoms with Crippen LogP contribution >= 0.6 is 0 Å². The summed E-state index contributed by atoms with van der Waals surface area (Å²) < 4.78 is 71.8. The van der Waals surface area contributed by atoms with E-state index in [-0.39, 0.29) is 5.76 Å². The van der Waals surface area contributed by atoms with E-state index < -0.39 is 52.7 Å². The molecule has 1 atom stereocenters. The first-order chi connectivity index (χ1) is 13.8. The van der Waals surface area contributed by atoms with Crippen LogP contribution in [0.3, 0.4) is 0 Å². The lowest BCUT2D eigenvalue weighted by Gasteiger charge is -2.31. The minimum Gasteiger partial charge on any atom is -0.469 e. The molecule has 0 bridgehead atoms. The number of hydrogen-bond donors (Lipinski definition) is 1. The molecule has 0 aliphatic carbocycles. The first-order valence-electron chi connectivity index (χ1n) is 8.69. The molecule has 0 aliphatic rings. The van der Waals surface area contributed by atoms with Gasteiger partial charge in [-0.25, -0.2) is 21.2 Å². The molecule has 154 valence electrons. The van der Waals surface area contributed by atoms with Crippen LogP contribution in [-0.4, -0.2) is 32.9 Å². The predicted octanol–water partition coefficient (Wildman–Crippen LogP) is 3.32. The van der Waals surface area contributed by atoms with E-state index in [0.29, 0.717) is 0 Å². The number of rotatable bonds is 8. The Morgan fingerprint density at radius 3 is 1.69 bits per heavy atom. The third kappa shape index (κ3) is 3.50. The van der Waals surface area contributed by atoms with Crippen LogP contribution in [0.1, 0.15) is 18.1 Å². The van der Waals surface area contributed by atoms with Gasteiger partial charge in [0.15, 0.2) is 0 Å². The fourth-order valence-corrected chi connectivity index (χ4v) is 7.77. The number of aliphatic hydroxyl groups is 1. The largest absolute Gasteiger partial charge is 0.469 e. The van der Waals surface area contributed by atoms with E-state index in [2.05, 4.69) is 0 Å². The van der Waals surface area contributed by atoms with E-state index in [0.717, 1.165) is 24.3 Å². The van der Waals surface area contributed by atoms with Gasteiger partial charge in [-0.1, -0.05) is 36.4 Å². The van der Waals surface area contributed by atoms with Crippen LogP contribution in [0, 0.1) is 0 Å². The Hall–Kier alpha value is -2.49. The summed E-state index contributed by atoms with van der Waals surface area (Å²) in [7, 11) is -10.2. The van der Waals surface area contributed by atoms with Gasteiger partial charge in [0.2, 0.25) is 19.7 Å². The van der Waals surface area contributed by atoms with Crippen LogP contribution in [0.5, 0.6) is 0 Å². The number of halogens is 1. The number of aliphatic hydroxyl groups excluding tert-OH is 1. The fraction of sp³-hybridized carbons (Fsp3) is 0.200. The zero-order valence-electron chi connectivity index (χ0n) is 15.2. The van der Waals surface area contributed by atoms with Crippen molar-refractivity contribution >= 4 is 19.7 Å². The van der Waals surface area contributed by atoms with E-state index in [4.69, 9.17) is 4.42 Å². The van der Waals surface area contributed by atoms with Gasteiger partial charge in [0, 0.05) is 6.61 Å². The van der Waals surface area contributed by atoms with Gasteiger partial charge >= 0.3 is 4.33 Å². The molecule has 0 unspecified atom stereocenters. The quantitative estimate of drug-likeness (QED) is 0.579. The normalized spacial score (nSPS) is 13.9. The van der Waals surface area contributed by atoms with Crippen molar-refractivity contribution in [2.45, 2.75) is 26.5 Å². The molecule has 29 heavy (non-hydrogen) atoms. The monoisotopic (exact) mass is 438 g/mol. The number of furan rings is 1. The average Bonchev–Trinajstić information content (AvgIpc) is 3.27. The summed E-state index contributed by atoms with van der Waals surface area (Å²) in [5, 5.41) is 9.47. The highest BCUT2D eigenvalue weighted by Crippen LogP contribution is 2.48. The molecule has 2 aromatic carbocycles. The smallest absolute Gasteiger partial charge is 0.327 e. The number of hydrogen-bond acceptors (Lipinski definition) is 6. The van der Waals surface area contributed by atoms with E-state index in [1.165, 1.54) is 54.8 Å². The zero-order chi connectivity index (χ0) is 21.1. The minimum atomic E-state index is -5.08. The maximum atomic E-state index is 16.8. The Morgan fingerprint density at radius 2 is 1.31 bits per heavy atom. The van der Waals surface area contributed by atoms with E-state index >= 15 is 4.39 Å². The summed E-state index contributed by atoms with van der Waals surface area (Å²) in [6, 6.07) is 15.7. The molecule has 1 N–H and O–H groups in total. The van der Waals surface area contributed by atoms with Crippen LogP contribution in [0.2, 0.25) is 0 Å². The SMILES string of the molecule is O=S(=O)(c1ccccc1)C(F)([C@@H](CCO)c1ccco1)S(=O)(=O)c1ccccc1. The van der Waals surface area contributed by atoms with Gasteiger partial charge in [-0.3, -0.25) is 0 Å². The second-order valence-electron chi connectivity index (χ2n) is 6.30. The van der Waals surface area contributed by atoms with E-state index in [1.54, 1.807) is 0 Å².